The minimum atomic E-state index is -0.0245. The van der Waals surface area contributed by atoms with Gasteiger partial charge in [-0.3, -0.25) is 9.78 Å². The zero-order chi connectivity index (χ0) is 19.3. The molecule has 1 N–H and O–H groups in total. The Morgan fingerprint density at radius 1 is 1.32 bits per heavy atom. The van der Waals surface area contributed by atoms with Gasteiger partial charge in [0, 0.05) is 29.2 Å². The number of piperazine rings is 1. The average molecular weight is 414 g/mol. The van der Waals surface area contributed by atoms with Gasteiger partial charge >= 0.3 is 0 Å². The molecular weight excluding hydrogens is 394 g/mol. The standard InChI is InChI=1S/C21H20ClN3O2S/c22-16-4-1-3-15(9-16)19-6-8-28-21(19)20-12-25(14-26)17(10-24-20)13-27-18-5-2-7-23-11-18/h1-9,11,14,17,20,24H,10,12-13H2. The quantitative estimate of drug-likeness (QED) is 0.620. The number of pyridine rings is 1. The number of carbonyl (C=O) groups is 1. The number of nitrogens with zero attached hydrogens (tertiary/aromatic N) is 2. The maximum atomic E-state index is 11.7. The van der Waals surface area contributed by atoms with E-state index in [1.54, 1.807) is 23.7 Å². The number of amides is 1. The molecule has 5 nitrogen and oxygen atoms in total. The SMILES string of the molecule is O=CN1CC(c2sccc2-c2cccc(Cl)c2)NCC1COc1cccnc1. The van der Waals surface area contributed by atoms with Crippen molar-refractivity contribution in [1.82, 2.24) is 15.2 Å². The van der Waals surface area contributed by atoms with Crippen molar-refractivity contribution in [1.29, 1.82) is 0 Å². The summed E-state index contributed by atoms with van der Waals surface area (Å²) < 4.78 is 5.79. The van der Waals surface area contributed by atoms with Gasteiger partial charge in [-0.1, -0.05) is 23.7 Å². The van der Waals surface area contributed by atoms with Crippen LogP contribution >= 0.6 is 22.9 Å². The van der Waals surface area contributed by atoms with Crippen molar-refractivity contribution in [2.75, 3.05) is 19.7 Å². The molecule has 144 valence electrons. The lowest BCUT2D eigenvalue weighted by Gasteiger charge is -2.38. The lowest BCUT2D eigenvalue weighted by molar-refractivity contribution is -0.122. The van der Waals surface area contributed by atoms with Gasteiger partial charge in [-0.15, -0.1) is 11.3 Å². The normalized spacial score (nSPS) is 19.4. The molecule has 2 aromatic heterocycles. The fourth-order valence-electron chi connectivity index (χ4n) is 3.39. The third-order valence-electron chi connectivity index (χ3n) is 4.82. The number of nitrogens with one attached hydrogen (secondary N) is 1. The van der Waals surface area contributed by atoms with E-state index < -0.39 is 0 Å². The summed E-state index contributed by atoms with van der Waals surface area (Å²) in [4.78, 5) is 18.8. The predicted octanol–water partition coefficient (Wildman–Crippen LogP) is 4.01. The fraction of sp³-hybridized carbons (Fsp3) is 0.238. The van der Waals surface area contributed by atoms with Gasteiger partial charge in [0.15, 0.2) is 0 Å². The number of halogens is 1. The number of rotatable bonds is 6. The fourth-order valence-corrected chi connectivity index (χ4v) is 4.57. The largest absolute Gasteiger partial charge is 0.490 e. The summed E-state index contributed by atoms with van der Waals surface area (Å²) in [6.45, 7) is 1.69. The van der Waals surface area contributed by atoms with E-state index in [1.807, 2.05) is 35.2 Å². The topological polar surface area (TPSA) is 54.5 Å². The van der Waals surface area contributed by atoms with Crippen molar-refractivity contribution in [3.8, 4) is 16.9 Å². The zero-order valence-corrected chi connectivity index (χ0v) is 16.7. The van der Waals surface area contributed by atoms with Gasteiger partial charge in [0.1, 0.15) is 12.4 Å². The van der Waals surface area contributed by atoms with Crippen LogP contribution in [-0.2, 0) is 4.79 Å². The van der Waals surface area contributed by atoms with Gasteiger partial charge in [0.2, 0.25) is 6.41 Å². The van der Waals surface area contributed by atoms with Crippen molar-refractivity contribution in [3.05, 3.63) is 70.1 Å². The molecule has 1 aliphatic rings. The van der Waals surface area contributed by atoms with Crippen LogP contribution in [0.5, 0.6) is 5.75 Å². The second-order valence-electron chi connectivity index (χ2n) is 6.63. The second-order valence-corrected chi connectivity index (χ2v) is 8.01. The van der Waals surface area contributed by atoms with Crippen molar-refractivity contribution < 1.29 is 9.53 Å². The lowest BCUT2D eigenvalue weighted by atomic mass is 10.0. The molecule has 7 heteroatoms. The van der Waals surface area contributed by atoms with Crippen LogP contribution in [0.25, 0.3) is 11.1 Å². The summed E-state index contributed by atoms with van der Waals surface area (Å²) in [6, 6.07) is 13.7. The number of benzene rings is 1. The van der Waals surface area contributed by atoms with E-state index in [-0.39, 0.29) is 12.1 Å². The van der Waals surface area contributed by atoms with E-state index in [0.29, 0.717) is 30.5 Å². The van der Waals surface area contributed by atoms with Crippen LogP contribution < -0.4 is 10.1 Å². The van der Waals surface area contributed by atoms with E-state index in [9.17, 15) is 4.79 Å². The number of ether oxygens (including phenoxy) is 1. The van der Waals surface area contributed by atoms with Crippen molar-refractivity contribution in [3.63, 3.8) is 0 Å². The Morgan fingerprint density at radius 2 is 2.25 bits per heavy atom. The van der Waals surface area contributed by atoms with Crippen LogP contribution in [0.2, 0.25) is 5.02 Å². The number of thiophene rings is 1. The Hall–Kier alpha value is -2.41. The van der Waals surface area contributed by atoms with E-state index in [1.165, 1.54) is 4.88 Å². The van der Waals surface area contributed by atoms with Gasteiger partial charge < -0.3 is 15.0 Å². The first-order valence-electron chi connectivity index (χ1n) is 9.05. The smallest absolute Gasteiger partial charge is 0.210 e. The Morgan fingerprint density at radius 3 is 3.04 bits per heavy atom. The monoisotopic (exact) mass is 413 g/mol. The molecule has 2 atom stereocenters. The van der Waals surface area contributed by atoms with E-state index in [0.717, 1.165) is 17.5 Å². The van der Waals surface area contributed by atoms with Crippen LogP contribution in [0.1, 0.15) is 10.9 Å². The molecule has 1 fully saturated rings. The highest BCUT2D eigenvalue weighted by Gasteiger charge is 2.30. The van der Waals surface area contributed by atoms with E-state index in [2.05, 4.69) is 27.8 Å². The number of hydrogen-bond acceptors (Lipinski definition) is 5. The maximum Gasteiger partial charge on any atom is 0.210 e. The molecule has 0 bridgehead atoms. The summed E-state index contributed by atoms with van der Waals surface area (Å²) in [6.07, 6.45) is 4.29. The molecule has 1 aromatic carbocycles. The van der Waals surface area contributed by atoms with E-state index >= 15 is 0 Å². The molecule has 1 saturated heterocycles. The molecule has 3 aromatic rings. The van der Waals surface area contributed by atoms with Gasteiger partial charge in [-0.05, 0) is 46.8 Å². The van der Waals surface area contributed by atoms with Crippen molar-refractivity contribution in [2.45, 2.75) is 12.1 Å². The molecule has 0 aliphatic carbocycles. The van der Waals surface area contributed by atoms with E-state index in [4.69, 9.17) is 16.3 Å². The van der Waals surface area contributed by atoms with Crippen LogP contribution in [0.15, 0.2) is 60.2 Å². The third kappa shape index (κ3) is 4.19. The van der Waals surface area contributed by atoms with Crippen LogP contribution in [0.3, 0.4) is 0 Å². The Balaban J connectivity index is 1.46. The first-order chi connectivity index (χ1) is 13.7. The van der Waals surface area contributed by atoms with Crippen LogP contribution in [0, 0.1) is 0 Å². The van der Waals surface area contributed by atoms with Crippen molar-refractivity contribution >= 4 is 29.3 Å². The molecule has 0 radical (unpaired) electrons. The first-order valence-corrected chi connectivity index (χ1v) is 10.3. The number of hydrogen-bond donors (Lipinski definition) is 1. The zero-order valence-electron chi connectivity index (χ0n) is 15.1. The molecule has 0 spiro atoms. The molecule has 3 heterocycles. The molecule has 4 rings (SSSR count). The summed E-state index contributed by atoms with van der Waals surface area (Å²) in [5.74, 6) is 0.706. The lowest BCUT2D eigenvalue weighted by Crippen LogP contribution is -2.54. The van der Waals surface area contributed by atoms with Gasteiger partial charge in [-0.2, -0.15) is 0 Å². The minimum Gasteiger partial charge on any atom is -0.490 e. The molecular formula is C21H20ClN3O2S. The molecule has 1 amide bonds. The minimum absolute atomic E-state index is 0.0245. The maximum absolute atomic E-state index is 11.7. The Bertz CT molecular complexity index is 934. The van der Waals surface area contributed by atoms with Gasteiger partial charge in [0.25, 0.3) is 0 Å². The van der Waals surface area contributed by atoms with Crippen molar-refractivity contribution in [2.24, 2.45) is 0 Å². The second kappa shape index (κ2) is 8.73. The summed E-state index contributed by atoms with van der Waals surface area (Å²) >= 11 is 7.86. The summed E-state index contributed by atoms with van der Waals surface area (Å²) in [5.41, 5.74) is 2.24. The summed E-state index contributed by atoms with van der Waals surface area (Å²) in [7, 11) is 0. The highest BCUT2D eigenvalue weighted by Crippen LogP contribution is 2.35. The molecule has 0 saturated carbocycles. The summed E-state index contributed by atoms with van der Waals surface area (Å²) in [5, 5.41) is 6.37. The highest BCUT2D eigenvalue weighted by atomic mass is 35.5. The Kier molecular flexibility index (Phi) is 5.90. The van der Waals surface area contributed by atoms with Gasteiger partial charge in [-0.25, -0.2) is 0 Å². The molecule has 1 aliphatic heterocycles. The van der Waals surface area contributed by atoms with Gasteiger partial charge in [0.05, 0.1) is 18.3 Å². The number of aromatic nitrogens is 1. The first kappa shape index (κ1) is 18.9. The van der Waals surface area contributed by atoms with Crippen LogP contribution in [-0.4, -0.2) is 42.0 Å². The van der Waals surface area contributed by atoms with Crippen LogP contribution in [0.4, 0.5) is 0 Å². The highest BCUT2D eigenvalue weighted by molar-refractivity contribution is 7.10. The third-order valence-corrected chi connectivity index (χ3v) is 6.09. The predicted molar refractivity (Wildman–Crippen MR) is 112 cm³/mol. The average Bonchev–Trinajstić information content (AvgIpc) is 3.23. The molecule has 2 unspecified atom stereocenters. The Labute approximate surface area is 172 Å². The number of carbonyl (C=O) groups excluding carboxylic acids is 1. The molecule has 28 heavy (non-hydrogen) atoms.